The van der Waals surface area contributed by atoms with Gasteiger partial charge in [-0.1, -0.05) is 71.0 Å². The molecule has 1 heteroatoms. The van der Waals surface area contributed by atoms with Crippen LogP contribution in [0.1, 0.15) is 115 Å². The van der Waals surface area contributed by atoms with Crippen LogP contribution in [0.5, 0.6) is 0 Å². The van der Waals surface area contributed by atoms with Gasteiger partial charge in [-0.2, -0.15) is 0 Å². The van der Waals surface area contributed by atoms with E-state index in [0.29, 0.717) is 16.2 Å². The molecule has 0 N–H and O–H groups in total. The summed E-state index contributed by atoms with van der Waals surface area (Å²) in [5.74, 6) is 4.62. The number of nitrogens with zero attached hydrogens (tertiary/aromatic N) is 1. The smallest absolute Gasteiger partial charge is 0.00194 e. The van der Waals surface area contributed by atoms with Crippen molar-refractivity contribution in [3.05, 3.63) is 47.5 Å². The molecule has 0 saturated heterocycles. The van der Waals surface area contributed by atoms with Crippen molar-refractivity contribution in [2.24, 2.45) is 51.2 Å². The maximum absolute atomic E-state index is 4.02. The van der Waals surface area contributed by atoms with Gasteiger partial charge < -0.3 is 4.90 Å². The molecule has 8 atom stereocenters. The Bertz CT molecular complexity index is 1140. The van der Waals surface area contributed by atoms with Crippen LogP contribution < -0.4 is 0 Å². The molecule has 4 saturated carbocycles. The highest BCUT2D eigenvalue weighted by Gasteiger charge is 2.65. The van der Waals surface area contributed by atoms with Crippen molar-refractivity contribution < 1.29 is 0 Å². The summed E-state index contributed by atoms with van der Waals surface area (Å²) in [4.78, 5) is 2.44. The van der Waals surface area contributed by atoms with Gasteiger partial charge in [0.05, 0.1) is 0 Å². The van der Waals surface area contributed by atoms with Crippen LogP contribution >= 0.6 is 0 Å². The molecular formula is C38H57N. The van der Waals surface area contributed by atoms with Gasteiger partial charge in [0.2, 0.25) is 0 Å². The van der Waals surface area contributed by atoms with E-state index >= 15 is 0 Å². The highest BCUT2D eigenvalue weighted by Crippen LogP contribution is 2.73. The molecule has 0 aromatic heterocycles. The monoisotopic (exact) mass is 527 g/mol. The van der Waals surface area contributed by atoms with E-state index in [0.717, 1.165) is 29.6 Å². The molecule has 6 rings (SSSR count). The molecule has 5 aliphatic carbocycles. The summed E-state index contributed by atoms with van der Waals surface area (Å²) in [6.45, 7) is 18.3. The van der Waals surface area contributed by atoms with Gasteiger partial charge >= 0.3 is 0 Å². The molecule has 4 fully saturated rings. The van der Waals surface area contributed by atoms with E-state index in [1.165, 1.54) is 93.9 Å². The molecule has 39 heavy (non-hydrogen) atoms. The Hall–Kier alpha value is -1.34. The number of hydrogen-bond donors (Lipinski definition) is 0. The molecule has 8 unspecified atom stereocenters. The van der Waals surface area contributed by atoms with E-state index in [1.807, 2.05) is 6.08 Å². The second-order valence-electron chi connectivity index (χ2n) is 16.3. The van der Waals surface area contributed by atoms with Crippen LogP contribution in [-0.4, -0.2) is 25.5 Å². The predicted octanol–water partition coefficient (Wildman–Crippen LogP) is 10.0. The predicted molar refractivity (Wildman–Crippen MR) is 168 cm³/mol. The fraction of sp³-hybridized carbons (Fsp3) is 0.737. The van der Waals surface area contributed by atoms with Crippen molar-refractivity contribution in [3.63, 3.8) is 0 Å². The van der Waals surface area contributed by atoms with E-state index < -0.39 is 0 Å². The Morgan fingerprint density at radius 3 is 2.41 bits per heavy atom. The van der Waals surface area contributed by atoms with Crippen LogP contribution in [-0.2, 0) is 0 Å². The zero-order valence-corrected chi connectivity index (χ0v) is 26.4. The zero-order chi connectivity index (χ0) is 27.8. The molecule has 1 nitrogen and oxygen atoms in total. The van der Waals surface area contributed by atoms with Gasteiger partial charge in [0.1, 0.15) is 0 Å². The highest BCUT2D eigenvalue weighted by molar-refractivity contribution is 5.73. The number of hydrogen-bond acceptors (Lipinski definition) is 1. The van der Waals surface area contributed by atoms with Gasteiger partial charge in [0.25, 0.3) is 0 Å². The van der Waals surface area contributed by atoms with Crippen molar-refractivity contribution in [2.75, 3.05) is 20.6 Å². The second-order valence-corrected chi connectivity index (χ2v) is 16.3. The summed E-state index contributed by atoms with van der Waals surface area (Å²) in [5.41, 5.74) is 7.52. The molecule has 0 spiro atoms. The maximum atomic E-state index is 4.02. The Balaban J connectivity index is 1.29. The van der Waals surface area contributed by atoms with Crippen LogP contribution in [0.25, 0.3) is 11.6 Å². The lowest BCUT2D eigenvalue weighted by Gasteiger charge is -2.68. The van der Waals surface area contributed by atoms with E-state index in [-0.39, 0.29) is 5.41 Å². The molecular weight excluding hydrogens is 470 g/mol. The van der Waals surface area contributed by atoms with Gasteiger partial charge in [-0.25, -0.2) is 0 Å². The van der Waals surface area contributed by atoms with E-state index in [2.05, 4.69) is 84.5 Å². The molecule has 0 radical (unpaired) electrons. The van der Waals surface area contributed by atoms with Crippen LogP contribution in [0.2, 0.25) is 0 Å². The third-order valence-corrected chi connectivity index (χ3v) is 14.1. The van der Waals surface area contributed by atoms with Crippen LogP contribution in [0, 0.1) is 58.2 Å². The number of aryl methyl sites for hydroxylation is 1. The first-order valence-corrected chi connectivity index (χ1v) is 16.6. The maximum Gasteiger partial charge on any atom is -0.00194 e. The van der Waals surface area contributed by atoms with E-state index in [4.69, 9.17) is 0 Å². The summed E-state index contributed by atoms with van der Waals surface area (Å²) in [5, 5.41) is 0. The Morgan fingerprint density at radius 2 is 1.69 bits per heavy atom. The Morgan fingerprint density at radius 1 is 0.897 bits per heavy atom. The molecule has 0 heterocycles. The van der Waals surface area contributed by atoms with Gasteiger partial charge in [-0.3, -0.25) is 0 Å². The van der Waals surface area contributed by atoms with Gasteiger partial charge in [-0.15, -0.1) is 0 Å². The number of rotatable bonds is 5. The molecule has 1 aromatic rings. The third-order valence-electron chi connectivity index (χ3n) is 14.1. The minimum absolute atomic E-state index is 0.215. The van der Waals surface area contributed by atoms with Crippen molar-refractivity contribution in [3.8, 4) is 0 Å². The molecule has 0 amide bonds. The first-order chi connectivity index (χ1) is 18.5. The summed E-state index contributed by atoms with van der Waals surface area (Å²) in [7, 11) is 4.56. The fourth-order valence-corrected chi connectivity index (χ4v) is 12.4. The van der Waals surface area contributed by atoms with E-state index in [1.54, 1.807) is 5.57 Å². The van der Waals surface area contributed by atoms with Crippen molar-refractivity contribution in [2.45, 2.75) is 105 Å². The molecule has 5 aliphatic rings. The van der Waals surface area contributed by atoms with Gasteiger partial charge in [0.15, 0.2) is 0 Å². The largest absolute Gasteiger partial charge is 0.309 e. The average Bonchev–Trinajstić information content (AvgIpc) is 3.32. The first-order valence-electron chi connectivity index (χ1n) is 16.6. The minimum Gasteiger partial charge on any atom is -0.309 e. The summed E-state index contributed by atoms with van der Waals surface area (Å²) in [6, 6.07) is 7.08. The normalized spacial score (nSPS) is 42.7. The molecule has 214 valence electrons. The highest BCUT2D eigenvalue weighted by atomic mass is 15.0. The lowest BCUT2D eigenvalue weighted by atomic mass is 9.36. The lowest BCUT2D eigenvalue weighted by Crippen LogP contribution is -2.61. The van der Waals surface area contributed by atoms with Crippen molar-refractivity contribution in [1.29, 1.82) is 0 Å². The van der Waals surface area contributed by atoms with Crippen LogP contribution in [0.4, 0.5) is 0 Å². The average molecular weight is 528 g/mol. The third kappa shape index (κ3) is 4.10. The van der Waals surface area contributed by atoms with Gasteiger partial charge in [0, 0.05) is 0 Å². The summed E-state index contributed by atoms with van der Waals surface area (Å²) in [6.07, 6.45) is 20.9. The molecule has 0 bridgehead atoms. The standard InChI is InChI=1S/C38H57N/c1-9-27-12-13-28(25-26(27)2)30-16-20-37(6)33(35(30,3)4)18-21-36(5)31-17-22-38(23-24-39(7)8)19-10-11-32(38)29(31)14-15-34(36)37/h9,12-13,16,25,29,31-34H,1,10-11,14-15,17-24H2,2-8H3. The number of benzene rings is 1. The second kappa shape index (κ2) is 9.61. The molecule has 1 aromatic carbocycles. The van der Waals surface area contributed by atoms with Crippen LogP contribution in [0.3, 0.4) is 0 Å². The zero-order valence-electron chi connectivity index (χ0n) is 26.4. The Kier molecular flexibility index (Phi) is 6.85. The minimum atomic E-state index is 0.215. The van der Waals surface area contributed by atoms with Crippen LogP contribution in [0.15, 0.2) is 30.9 Å². The topological polar surface area (TPSA) is 3.24 Å². The Labute approximate surface area is 240 Å². The number of fused-ring (bicyclic) bond motifs is 7. The van der Waals surface area contributed by atoms with Gasteiger partial charge in [-0.05, 0) is 165 Å². The summed E-state index contributed by atoms with van der Waals surface area (Å²) >= 11 is 0. The van der Waals surface area contributed by atoms with E-state index in [9.17, 15) is 0 Å². The van der Waals surface area contributed by atoms with Crippen molar-refractivity contribution >= 4 is 11.6 Å². The summed E-state index contributed by atoms with van der Waals surface area (Å²) < 4.78 is 0. The number of allylic oxidation sites excluding steroid dienone is 2. The molecule has 0 aliphatic heterocycles. The lowest BCUT2D eigenvalue weighted by molar-refractivity contribution is -0.178. The van der Waals surface area contributed by atoms with Crippen molar-refractivity contribution in [1.82, 2.24) is 4.90 Å². The SMILES string of the molecule is C=Cc1ccc(C2=CCC3(C)C(CCC4(C)C5CCC6(CCN(C)C)CCCC6C5CCC43)C2(C)C)cc1C. The first kappa shape index (κ1) is 27.8. The fourth-order valence-electron chi connectivity index (χ4n) is 12.4. The quantitative estimate of drug-likeness (QED) is 0.368.